The summed E-state index contributed by atoms with van der Waals surface area (Å²) in [6.45, 7) is 1.30. The van der Waals surface area contributed by atoms with E-state index in [0.29, 0.717) is 6.10 Å². The van der Waals surface area contributed by atoms with E-state index in [1.165, 1.54) is 57.9 Å². The van der Waals surface area contributed by atoms with Crippen molar-refractivity contribution in [2.75, 3.05) is 19.0 Å². The van der Waals surface area contributed by atoms with E-state index in [1.54, 1.807) is 0 Å². The summed E-state index contributed by atoms with van der Waals surface area (Å²) in [6.07, 6.45) is 11.3. The molecule has 0 N–H and O–H groups in total. The van der Waals surface area contributed by atoms with E-state index in [2.05, 4.69) is 20.8 Å². The Balaban J connectivity index is 1.96. The molecule has 3 atom stereocenters. The molecule has 0 amide bonds. The Bertz CT molecular complexity index is 224. The summed E-state index contributed by atoms with van der Waals surface area (Å²) >= 11 is 3.71. The SMILES string of the molecule is COC1CCCC(N2CCCCCC2CBr)C1. The fraction of sp³-hybridized carbons (Fsp3) is 1.00. The number of alkyl halides is 1. The first-order chi connectivity index (χ1) is 8.35. The monoisotopic (exact) mass is 303 g/mol. The van der Waals surface area contributed by atoms with Gasteiger partial charge in [0.1, 0.15) is 0 Å². The smallest absolute Gasteiger partial charge is 0.0586 e. The Morgan fingerprint density at radius 3 is 2.76 bits per heavy atom. The van der Waals surface area contributed by atoms with Gasteiger partial charge >= 0.3 is 0 Å². The average Bonchev–Trinajstić information content (AvgIpc) is 2.63. The minimum Gasteiger partial charge on any atom is -0.381 e. The van der Waals surface area contributed by atoms with Crippen LogP contribution >= 0.6 is 15.9 Å². The predicted octanol–water partition coefficient (Wildman–Crippen LogP) is 3.58. The molecule has 0 aromatic heterocycles. The summed E-state index contributed by atoms with van der Waals surface area (Å²) in [6, 6.07) is 1.53. The summed E-state index contributed by atoms with van der Waals surface area (Å²) in [5.74, 6) is 0. The Morgan fingerprint density at radius 2 is 2.00 bits per heavy atom. The first kappa shape index (κ1) is 13.8. The van der Waals surface area contributed by atoms with Crippen molar-refractivity contribution in [3.05, 3.63) is 0 Å². The molecule has 100 valence electrons. The molecule has 2 fully saturated rings. The number of rotatable bonds is 3. The van der Waals surface area contributed by atoms with Gasteiger partial charge in [0.2, 0.25) is 0 Å². The number of halogens is 1. The second kappa shape index (κ2) is 7.10. The lowest BCUT2D eigenvalue weighted by Crippen LogP contribution is -2.47. The van der Waals surface area contributed by atoms with Crippen molar-refractivity contribution in [3.8, 4) is 0 Å². The molecule has 1 saturated heterocycles. The van der Waals surface area contributed by atoms with Crippen molar-refractivity contribution in [2.24, 2.45) is 0 Å². The van der Waals surface area contributed by atoms with Gasteiger partial charge in [-0.1, -0.05) is 28.8 Å². The van der Waals surface area contributed by atoms with Crippen molar-refractivity contribution in [2.45, 2.75) is 69.6 Å². The van der Waals surface area contributed by atoms with Gasteiger partial charge in [0.05, 0.1) is 6.10 Å². The van der Waals surface area contributed by atoms with Crippen LogP contribution < -0.4 is 0 Å². The molecule has 17 heavy (non-hydrogen) atoms. The van der Waals surface area contributed by atoms with E-state index in [9.17, 15) is 0 Å². The second-order valence-corrected chi connectivity index (χ2v) is 6.22. The van der Waals surface area contributed by atoms with Crippen molar-refractivity contribution in [1.29, 1.82) is 0 Å². The molecular weight excluding hydrogens is 278 g/mol. The Kier molecular flexibility index (Phi) is 5.78. The number of ether oxygens (including phenoxy) is 1. The van der Waals surface area contributed by atoms with Crippen molar-refractivity contribution in [3.63, 3.8) is 0 Å². The van der Waals surface area contributed by atoms with Gasteiger partial charge in [-0.05, 0) is 45.1 Å². The minimum atomic E-state index is 0.507. The first-order valence-corrected chi connectivity index (χ1v) is 8.31. The fourth-order valence-corrected chi connectivity index (χ4v) is 4.18. The molecule has 0 radical (unpaired) electrons. The normalized spacial score (nSPS) is 36.7. The lowest BCUT2D eigenvalue weighted by Gasteiger charge is -2.40. The first-order valence-electron chi connectivity index (χ1n) is 7.19. The fourth-order valence-electron chi connectivity index (χ4n) is 3.48. The summed E-state index contributed by atoms with van der Waals surface area (Å²) in [4.78, 5) is 2.78. The lowest BCUT2D eigenvalue weighted by atomic mass is 9.90. The largest absolute Gasteiger partial charge is 0.381 e. The van der Waals surface area contributed by atoms with Crippen molar-refractivity contribution in [1.82, 2.24) is 4.90 Å². The third kappa shape index (κ3) is 3.68. The minimum absolute atomic E-state index is 0.507. The van der Waals surface area contributed by atoms with E-state index >= 15 is 0 Å². The maximum Gasteiger partial charge on any atom is 0.0586 e. The molecule has 2 nitrogen and oxygen atoms in total. The highest BCUT2D eigenvalue weighted by molar-refractivity contribution is 9.09. The molecule has 1 saturated carbocycles. The topological polar surface area (TPSA) is 12.5 Å². The number of hydrogen-bond acceptors (Lipinski definition) is 2. The van der Waals surface area contributed by atoms with Gasteiger partial charge in [-0.3, -0.25) is 4.90 Å². The van der Waals surface area contributed by atoms with Gasteiger partial charge in [-0.25, -0.2) is 0 Å². The maximum atomic E-state index is 5.57. The highest BCUT2D eigenvalue weighted by Crippen LogP contribution is 2.29. The summed E-state index contributed by atoms with van der Waals surface area (Å²) in [5, 5.41) is 1.14. The number of methoxy groups -OCH3 is 1. The lowest BCUT2D eigenvalue weighted by molar-refractivity contribution is 0.0182. The predicted molar refractivity (Wildman–Crippen MR) is 75.8 cm³/mol. The van der Waals surface area contributed by atoms with Gasteiger partial charge in [0, 0.05) is 24.5 Å². The zero-order valence-electron chi connectivity index (χ0n) is 11.0. The summed E-state index contributed by atoms with van der Waals surface area (Å²) < 4.78 is 5.57. The molecule has 2 rings (SSSR count). The Hall–Kier alpha value is 0.400. The van der Waals surface area contributed by atoms with Crippen LogP contribution in [-0.4, -0.2) is 42.1 Å². The van der Waals surface area contributed by atoms with Gasteiger partial charge in [0.15, 0.2) is 0 Å². The quantitative estimate of drug-likeness (QED) is 0.739. The number of nitrogens with zero attached hydrogens (tertiary/aromatic N) is 1. The molecule has 0 bridgehead atoms. The van der Waals surface area contributed by atoms with Crippen LogP contribution in [0.4, 0.5) is 0 Å². The molecule has 0 spiro atoms. The van der Waals surface area contributed by atoms with E-state index in [4.69, 9.17) is 4.74 Å². The van der Waals surface area contributed by atoms with E-state index < -0.39 is 0 Å². The molecule has 2 aliphatic rings. The van der Waals surface area contributed by atoms with E-state index in [-0.39, 0.29) is 0 Å². The highest BCUT2D eigenvalue weighted by atomic mass is 79.9. The van der Waals surface area contributed by atoms with Crippen LogP contribution in [0.5, 0.6) is 0 Å². The Labute approximate surface area is 114 Å². The van der Waals surface area contributed by atoms with Gasteiger partial charge in [0.25, 0.3) is 0 Å². The molecule has 0 aromatic rings. The zero-order chi connectivity index (χ0) is 12.1. The van der Waals surface area contributed by atoms with Gasteiger partial charge < -0.3 is 4.74 Å². The molecule has 3 heteroatoms. The third-order valence-electron chi connectivity index (χ3n) is 4.50. The zero-order valence-corrected chi connectivity index (χ0v) is 12.6. The molecule has 1 heterocycles. The molecule has 1 aliphatic heterocycles. The van der Waals surface area contributed by atoms with Crippen LogP contribution in [-0.2, 0) is 4.74 Å². The number of hydrogen-bond donors (Lipinski definition) is 0. The molecule has 1 aliphatic carbocycles. The third-order valence-corrected chi connectivity index (χ3v) is 5.25. The molecule has 3 unspecified atom stereocenters. The standard InChI is InChI=1S/C14H26BrNO/c1-17-14-8-5-7-12(10-14)16-9-4-2-3-6-13(16)11-15/h12-14H,2-11H2,1H3. The van der Waals surface area contributed by atoms with Crippen LogP contribution in [0, 0.1) is 0 Å². The van der Waals surface area contributed by atoms with E-state index in [0.717, 1.165) is 17.4 Å². The van der Waals surface area contributed by atoms with Crippen molar-refractivity contribution >= 4 is 15.9 Å². The van der Waals surface area contributed by atoms with E-state index in [1.807, 2.05) is 7.11 Å². The average molecular weight is 304 g/mol. The van der Waals surface area contributed by atoms with Crippen LogP contribution in [0.25, 0.3) is 0 Å². The maximum absolute atomic E-state index is 5.57. The van der Waals surface area contributed by atoms with Gasteiger partial charge in [-0.15, -0.1) is 0 Å². The Morgan fingerprint density at radius 1 is 1.12 bits per heavy atom. The summed E-state index contributed by atoms with van der Waals surface area (Å²) in [5.41, 5.74) is 0. The summed E-state index contributed by atoms with van der Waals surface area (Å²) in [7, 11) is 1.87. The van der Waals surface area contributed by atoms with Crippen LogP contribution in [0.3, 0.4) is 0 Å². The highest BCUT2D eigenvalue weighted by Gasteiger charge is 2.31. The van der Waals surface area contributed by atoms with Crippen LogP contribution in [0.2, 0.25) is 0 Å². The van der Waals surface area contributed by atoms with Crippen molar-refractivity contribution < 1.29 is 4.74 Å². The number of likely N-dealkylation sites (tertiary alicyclic amines) is 1. The van der Waals surface area contributed by atoms with Gasteiger partial charge in [-0.2, -0.15) is 0 Å². The van der Waals surface area contributed by atoms with Crippen LogP contribution in [0.15, 0.2) is 0 Å². The molecule has 0 aromatic carbocycles. The second-order valence-electron chi connectivity index (χ2n) is 5.57. The van der Waals surface area contributed by atoms with Crippen LogP contribution in [0.1, 0.15) is 51.4 Å². The molecular formula is C14H26BrNO.